The summed E-state index contributed by atoms with van der Waals surface area (Å²) in [7, 11) is 0. The standard InChI is InChI=1S/C21H19N3O2S2/c1-13(2)23-19(25)16(11-22)21-24(17-7-5-4-6-14(17)3)20(26)18(28-21)10-15-8-9-27-12-15/h4-10,12-13H,1-3H3,(H,23,25)/b18-10-,21-16-. The number of nitriles is 1. The lowest BCUT2D eigenvalue weighted by molar-refractivity contribution is -0.116. The van der Waals surface area contributed by atoms with Crippen LogP contribution in [0.4, 0.5) is 0 Å². The van der Waals surface area contributed by atoms with E-state index in [1.165, 1.54) is 15.9 Å². The van der Waals surface area contributed by atoms with Gasteiger partial charge in [0.05, 0.1) is 10.2 Å². The third-order valence-electron chi connectivity index (χ3n) is 3.99. The fraction of sp³-hybridized carbons (Fsp3) is 0.190. The van der Waals surface area contributed by atoms with Gasteiger partial charge in [0.25, 0.3) is 11.5 Å². The Balaban J connectivity index is 2.41. The monoisotopic (exact) mass is 409 g/mol. The Morgan fingerprint density at radius 3 is 2.64 bits per heavy atom. The number of benzene rings is 1. The Hall–Kier alpha value is -2.95. The van der Waals surface area contributed by atoms with Crippen LogP contribution in [0.15, 0.2) is 45.9 Å². The van der Waals surface area contributed by atoms with Gasteiger partial charge in [-0.05, 0) is 60.9 Å². The van der Waals surface area contributed by atoms with Gasteiger partial charge in [0.2, 0.25) is 0 Å². The second-order valence-corrected chi connectivity index (χ2v) is 8.33. The lowest BCUT2D eigenvalue weighted by Crippen LogP contribution is -2.36. The highest BCUT2D eigenvalue weighted by molar-refractivity contribution is 7.08. The predicted molar refractivity (Wildman–Crippen MR) is 114 cm³/mol. The summed E-state index contributed by atoms with van der Waals surface area (Å²) in [5.41, 5.74) is 2.15. The summed E-state index contributed by atoms with van der Waals surface area (Å²) >= 11 is 2.70. The Labute approximate surface area is 170 Å². The summed E-state index contributed by atoms with van der Waals surface area (Å²) in [6.07, 6.45) is 1.79. The highest BCUT2D eigenvalue weighted by Crippen LogP contribution is 2.11. The van der Waals surface area contributed by atoms with Crippen molar-refractivity contribution in [2.45, 2.75) is 26.8 Å². The Morgan fingerprint density at radius 1 is 1.29 bits per heavy atom. The number of carbonyl (C=O) groups is 1. The minimum Gasteiger partial charge on any atom is -0.349 e. The summed E-state index contributed by atoms with van der Waals surface area (Å²) in [6, 6.07) is 11.2. The van der Waals surface area contributed by atoms with Crippen LogP contribution >= 0.6 is 22.7 Å². The summed E-state index contributed by atoms with van der Waals surface area (Å²) < 4.78 is 2.28. The van der Waals surface area contributed by atoms with E-state index < -0.39 is 5.91 Å². The molecular weight excluding hydrogens is 390 g/mol. The molecule has 0 aliphatic carbocycles. The molecular formula is C21H19N3O2S2. The fourth-order valence-electron chi connectivity index (χ4n) is 2.72. The second kappa shape index (κ2) is 8.38. The first-order chi connectivity index (χ1) is 13.4. The van der Waals surface area contributed by atoms with E-state index in [0.717, 1.165) is 22.5 Å². The van der Waals surface area contributed by atoms with Gasteiger partial charge in [0.1, 0.15) is 10.7 Å². The summed E-state index contributed by atoms with van der Waals surface area (Å²) in [6.45, 7) is 5.54. The number of rotatable bonds is 4. The lowest BCUT2D eigenvalue weighted by Gasteiger charge is -2.09. The minimum absolute atomic E-state index is 0.0657. The van der Waals surface area contributed by atoms with Crippen LogP contribution in [0.2, 0.25) is 0 Å². The molecule has 0 bridgehead atoms. The van der Waals surface area contributed by atoms with Crippen molar-refractivity contribution < 1.29 is 4.79 Å². The van der Waals surface area contributed by atoms with E-state index >= 15 is 0 Å². The van der Waals surface area contributed by atoms with Crippen LogP contribution in [0.5, 0.6) is 0 Å². The summed E-state index contributed by atoms with van der Waals surface area (Å²) in [5, 5.41) is 16.3. The number of nitrogens with zero attached hydrogens (tertiary/aromatic N) is 2. The number of thiazole rings is 1. The van der Waals surface area contributed by atoms with Crippen molar-refractivity contribution >= 4 is 40.2 Å². The normalized spacial score (nSPS) is 12.8. The van der Waals surface area contributed by atoms with Crippen LogP contribution < -0.4 is 20.1 Å². The molecule has 0 saturated heterocycles. The van der Waals surface area contributed by atoms with E-state index in [2.05, 4.69) is 5.32 Å². The van der Waals surface area contributed by atoms with Crippen LogP contribution in [0.3, 0.4) is 0 Å². The molecule has 2 aromatic heterocycles. The van der Waals surface area contributed by atoms with E-state index in [0.29, 0.717) is 14.9 Å². The maximum absolute atomic E-state index is 13.2. The molecule has 5 nitrogen and oxygen atoms in total. The maximum atomic E-state index is 13.2. The minimum atomic E-state index is -0.483. The lowest BCUT2D eigenvalue weighted by atomic mass is 10.2. The summed E-state index contributed by atoms with van der Waals surface area (Å²) in [5.74, 6) is -0.483. The van der Waals surface area contributed by atoms with Crippen LogP contribution in [0.25, 0.3) is 17.3 Å². The number of hydrogen-bond donors (Lipinski definition) is 1. The van der Waals surface area contributed by atoms with Crippen molar-refractivity contribution in [1.29, 1.82) is 5.26 Å². The molecule has 0 saturated carbocycles. The third kappa shape index (κ3) is 3.98. The topological polar surface area (TPSA) is 74.9 Å². The van der Waals surface area contributed by atoms with Crippen LogP contribution in [0, 0.1) is 18.3 Å². The van der Waals surface area contributed by atoms with Crippen molar-refractivity contribution in [2.75, 3.05) is 0 Å². The fourth-order valence-corrected chi connectivity index (χ4v) is 4.43. The molecule has 3 aromatic rings. The molecule has 0 atom stereocenters. The molecule has 2 heterocycles. The Morgan fingerprint density at radius 2 is 2.04 bits per heavy atom. The van der Waals surface area contributed by atoms with Crippen LogP contribution in [0.1, 0.15) is 25.0 Å². The zero-order valence-electron chi connectivity index (χ0n) is 15.7. The number of nitrogens with one attached hydrogen (secondary N) is 1. The first-order valence-corrected chi connectivity index (χ1v) is 10.5. The molecule has 7 heteroatoms. The first-order valence-electron chi connectivity index (χ1n) is 8.69. The van der Waals surface area contributed by atoms with Gasteiger partial charge < -0.3 is 5.32 Å². The zero-order valence-corrected chi connectivity index (χ0v) is 17.4. The van der Waals surface area contributed by atoms with E-state index in [1.54, 1.807) is 6.08 Å². The van der Waals surface area contributed by atoms with Crippen molar-refractivity contribution in [2.24, 2.45) is 0 Å². The van der Waals surface area contributed by atoms with Gasteiger partial charge in [0, 0.05) is 6.04 Å². The third-order valence-corrected chi connectivity index (χ3v) is 5.79. The molecule has 28 heavy (non-hydrogen) atoms. The van der Waals surface area contributed by atoms with Gasteiger partial charge in [-0.2, -0.15) is 16.6 Å². The van der Waals surface area contributed by atoms with E-state index in [1.807, 2.05) is 67.9 Å². The summed E-state index contributed by atoms with van der Waals surface area (Å²) in [4.78, 5) is 25.8. The van der Waals surface area contributed by atoms with E-state index in [9.17, 15) is 14.9 Å². The van der Waals surface area contributed by atoms with Gasteiger partial charge in [-0.25, -0.2) is 0 Å². The molecule has 0 fully saturated rings. The van der Waals surface area contributed by atoms with Gasteiger partial charge in [0.15, 0.2) is 5.57 Å². The van der Waals surface area contributed by atoms with Crippen molar-refractivity contribution in [3.8, 4) is 11.8 Å². The van der Waals surface area contributed by atoms with Gasteiger partial charge in [-0.15, -0.1) is 11.3 Å². The number of amides is 1. The maximum Gasteiger partial charge on any atom is 0.273 e. The molecule has 1 aromatic carbocycles. The molecule has 142 valence electrons. The molecule has 3 rings (SSSR count). The Bertz CT molecular complexity index is 1230. The highest BCUT2D eigenvalue weighted by atomic mass is 32.1. The van der Waals surface area contributed by atoms with E-state index in [4.69, 9.17) is 0 Å². The Kier molecular flexibility index (Phi) is 5.93. The number of aromatic nitrogens is 1. The van der Waals surface area contributed by atoms with Crippen LogP contribution in [-0.2, 0) is 4.79 Å². The number of para-hydroxylation sites is 1. The predicted octanol–water partition coefficient (Wildman–Crippen LogP) is 2.30. The number of aryl methyl sites for hydroxylation is 1. The molecule has 0 aliphatic heterocycles. The quantitative estimate of drug-likeness (QED) is 0.718. The smallest absolute Gasteiger partial charge is 0.273 e. The average Bonchev–Trinajstić information content (AvgIpc) is 3.25. The van der Waals surface area contributed by atoms with Crippen LogP contribution in [-0.4, -0.2) is 16.5 Å². The largest absolute Gasteiger partial charge is 0.349 e. The van der Waals surface area contributed by atoms with Crippen molar-refractivity contribution in [3.05, 3.63) is 71.8 Å². The number of carbonyl (C=O) groups excluding carboxylic acids is 1. The van der Waals surface area contributed by atoms with E-state index in [-0.39, 0.29) is 17.2 Å². The van der Waals surface area contributed by atoms with Gasteiger partial charge in [-0.3, -0.25) is 14.2 Å². The molecule has 0 unspecified atom stereocenters. The van der Waals surface area contributed by atoms with Gasteiger partial charge in [-0.1, -0.05) is 18.2 Å². The number of hydrogen-bond acceptors (Lipinski definition) is 5. The molecule has 0 spiro atoms. The zero-order chi connectivity index (χ0) is 20.3. The highest BCUT2D eigenvalue weighted by Gasteiger charge is 2.18. The SMILES string of the molecule is Cc1ccccc1-n1c(=O)/c(=C/c2ccsc2)s/c1=C(/C#N)C(=O)NC(C)C. The number of thiophene rings is 1. The first kappa shape index (κ1) is 19.8. The second-order valence-electron chi connectivity index (χ2n) is 6.51. The molecule has 0 aliphatic rings. The molecule has 1 amide bonds. The van der Waals surface area contributed by atoms with Crippen molar-refractivity contribution in [1.82, 2.24) is 9.88 Å². The van der Waals surface area contributed by atoms with Gasteiger partial charge >= 0.3 is 0 Å². The van der Waals surface area contributed by atoms with Crippen molar-refractivity contribution in [3.63, 3.8) is 0 Å². The molecule has 1 N–H and O–H groups in total. The molecule has 0 radical (unpaired) electrons. The average molecular weight is 410 g/mol.